The Labute approximate surface area is 104 Å². The summed E-state index contributed by atoms with van der Waals surface area (Å²) in [6.45, 7) is 13.7. The minimum atomic E-state index is 0. The molecule has 1 radical (unpaired) electrons. The van der Waals surface area contributed by atoms with Crippen LogP contribution in [0.5, 0.6) is 0 Å². The van der Waals surface area contributed by atoms with Gasteiger partial charge in [-0.05, 0) is 5.41 Å². The fourth-order valence-electron chi connectivity index (χ4n) is 0.938. The molecule has 0 amide bonds. The van der Waals surface area contributed by atoms with Crippen LogP contribution in [0.3, 0.4) is 0 Å². The Kier molecular flexibility index (Phi) is 7.47. The fraction of sp³-hybridized carbons (Fsp3) is 0.909. The molecule has 0 aliphatic carbocycles. The predicted molar refractivity (Wildman–Crippen MR) is 52.4 cm³/mol. The molecule has 1 heteroatoms. The maximum atomic E-state index is 2.41. The average Bonchev–Trinajstić information content (AvgIpc) is 1.55. The van der Waals surface area contributed by atoms with Gasteiger partial charge in [0.25, 0.3) is 0 Å². The molecule has 0 unspecified atom stereocenters. The van der Waals surface area contributed by atoms with Gasteiger partial charge in [0.15, 0.2) is 0 Å². The van der Waals surface area contributed by atoms with Gasteiger partial charge < -0.3 is 6.42 Å². The van der Waals surface area contributed by atoms with Crippen molar-refractivity contribution < 1.29 is 32.7 Å². The van der Waals surface area contributed by atoms with Crippen LogP contribution in [-0.2, 0) is 32.7 Å². The Morgan fingerprint density at radius 1 is 0.917 bits per heavy atom. The van der Waals surface area contributed by atoms with Gasteiger partial charge in [-0.3, -0.25) is 0 Å². The first kappa shape index (κ1) is 15.6. The zero-order valence-corrected chi connectivity index (χ0v) is 12.4. The summed E-state index contributed by atoms with van der Waals surface area (Å²) < 4.78 is 0. The van der Waals surface area contributed by atoms with Crippen LogP contribution in [0.2, 0.25) is 0 Å². The second-order valence-electron chi connectivity index (χ2n) is 5.67. The third-order valence-electron chi connectivity index (χ3n) is 1.65. The van der Waals surface area contributed by atoms with Gasteiger partial charge in [0.2, 0.25) is 0 Å². The van der Waals surface area contributed by atoms with Crippen LogP contribution in [0, 0.1) is 17.3 Å². The van der Waals surface area contributed by atoms with Crippen molar-refractivity contribution in [3.8, 4) is 0 Å². The summed E-state index contributed by atoms with van der Waals surface area (Å²) in [5.74, 6) is 0. The van der Waals surface area contributed by atoms with E-state index in [0.29, 0.717) is 10.8 Å². The van der Waals surface area contributed by atoms with Gasteiger partial charge in [0.05, 0.1) is 0 Å². The van der Waals surface area contributed by atoms with Crippen molar-refractivity contribution in [1.29, 1.82) is 0 Å². The Hall–Kier alpha value is 1.10. The summed E-state index contributed by atoms with van der Waals surface area (Å²) in [6, 6.07) is 0. The molecule has 0 bridgehead atoms. The Bertz CT molecular complexity index is 89.2. The minimum absolute atomic E-state index is 0. The largest absolute Gasteiger partial charge is 0.323 e. The van der Waals surface area contributed by atoms with E-state index < -0.39 is 0 Å². The first-order chi connectivity index (χ1) is 4.71. The molecule has 0 rings (SSSR count). The van der Waals surface area contributed by atoms with Crippen LogP contribution < -0.4 is 0 Å². The molecule has 12 heavy (non-hydrogen) atoms. The summed E-state index contributed by atoms with van der Waals surface area (Å²) in [4.78, 5) is 0. The van der Waals surface area contributed by atoms with Crippen LogP contribution >= 0.6 is 0 Å². The predicted octanol–water partition coefficient (Wildman–Crippen LogP) is 4.06. The van der Waals surface area contributed by atoms with Gasteiger partial charge in [-0.15, -0.1) is 0 Å². The van der Waals surface area contributed by atoms with E-state index in [4.69, 9.17) is 0 Å². The maximum Gasteiger partial charge on any atom is 0 e. The number of hydrogen-bond acceptors (Lipinski definition) is 0. The van der Waals surface area contributed by atoms with Crippen molar-refractivity contribution in [2.75, 3.05) is 0 Å². The third kappa shape index (κ3) is 13.7. The Morgan fingerprint density at radius 2 is 1.33 bits per heavy atom. The monoisotopic (exact) mass is 244 g/mol. The standard InChI is InChI=1S/C11H23.Y/c1-10(2,3)8-7-9-11(4,5)6;/h8H,7,9H2,1-6H3;/q-1;. The van der Waals surface area contributed by atoms with Gasteiger partial charge in [0, 0.05) is 32.7 Å². The van der Waals surface area contributed by atoms with Crippen molar-refractivity contribution in [3.63, 3.8) is 0 Å². The zero-order valence-electron chi connectivity index (χ0n) is 9.57. The van der Waals surface area contributed by atoms with Crippen LogP contribution in [0.1, 0.15) is 54.4 Å². The molecule has 0 aliphatic rings. The number of hydrogen-bond donors (Lipinski definition) is 0. The van der Waals surface area contributed by atoms with E-state index in [-0.39, 0.29) is 32.7 Å². The van der Waals surface area contributed by atoms with Crippen LogP contribution in [-0.4, -0.2) is 0 Å². The van der Waals surface area contributed by atoms with Gasteiger partial charge in [-0.1, -0.05) is 48.0 Å². The smallest absolute Gasteiger partial charge is 0 e. The molecule has 0 saturated carbocycles. The van der Waals surface area contributed by atoms with Gasteiger partial charge >= 0.3 is 0 Å². The SMILES string of the molecule is CC(C)(C)[CH-]CCC(C)(C)C.[Y]. The summed E-state index contributed by atoms with van der Waals surface area (Å²) in [7, 11) is 0. The normalized spacial score (nSPS) is 12.5. The molecule has 0 heterocycles. The molecular formula is C11H23Y-. The molecule has 0 atom stereocenters. The molecule has 0 nitrogen and oxygen atoms in total. The second-order valence-corrected chi connectivity index (χ2v) is 5.67. The topological polar surface area (TPSA) is 0 Å². The molecule has 71 valence electrons. The second kappa shape index (κ2) is 5.75. The molecule has 0 aromatic carbocycles. The van der Waals surface area contributed by atoms with E-state index in [9.17, 15) is 0 Å². The van der Waals surface area contributed by atoms with Crippen LogP contribution in [0.4, 0.5) is 0 Å². The maximum absolute atomic E-state index is 2.41. The van der Waals surface area contributed by atoms with E-state index in [1.807, 2.05) is 0 Å². The van der Waals surface area contributed by atoms with E-state index >= 15 is 0 Å². The molecule has 0 N–H and O–H groups in total. The quantitative estimate of drug-likeness (QED) is 0.642. The van der Waals surface area contributed by atoms with Crippen LogP contribution in [0.25, 0.3) is 0 Å². The van der Waals surface area contributed by atoms with E-state index in [1.54, 1.807) is 0 Å². The van der Waals surface area contributed by atoms with Crippen molar-refractivity contribution >= 4 is 0 Å². The molecule has 0 fully saturated rings. The summed E-state index contributed by atoms with van der Waals surface area (Å²) in [5.41, 5.74) is 0.882. The van der Waals surface area contributed by atoms with E-state index in [0.717, 1.165) is 0 Å². The van der Waals surface area contributed by atoms with Crippen LogP contribution in [0.15, 0.2) is 0 Å². The molecule has 0 spiro atoms. The zero-order chi connectivity index (χ0) is 9.12. The first-order valence-corrected chi connectivity index (χ1v) is 4.55. The van der Waals surface area contributed by atoms with Crippen molar-refractivity contribution in [1.82, 2.24) is 0 Å². The first-order valence-electron chi connectivity index (χ1n) is 4.55. The van der Waals surface area contributed by atoms with Crippen molar-refractivity contribution in [2.45, 2.75) is 54.4 Å². The Balaban J connectivity index is 0. The third-order valence-corrected chi connectivity index (χ3v) is 1.65. The summed E-state index contributed by atoms with van der Waals surface area (Å²) in [5, 5.41) is 0. The number of rotatable bonds is 2. The molecular weight excluding hydrogens is 221 g/mol. The van der Waals surface area contributed by atoms with Gasteiger partial charge in [0.1, 0.15) is 0 Å². The Morgan fingerprint density at radius 3 is 1.58 bits per heavy atom. The molecule has 0 aliphatic heterocycles. The van der Waals surface area contributed by atoms with Crippen molar-refractivity contribution in [3.05, 3.63) is 6.42 Å². The molecule has 0 saturated heterocycles. The molecule has 0 aromatic heterocycles. The fourth-order valence-corrected chi connectivity index (χ4v) is 0.938. The minimum Gasteiger partial charge on any atom is -0.323 e. The van der Waals surface area contributed by atoms with E-state index in [1.165, 1.54) is 12.8 Å². The summed E-state index contributed by atoms with van der Waals surface area (Å²) >= 11 is 0. The van der Waals surface area contributed by atoms with Gasteiger partial charge in [-0.2, -0.15) is 11.8 Å². The van der Waals surface area contributed by atoms with Gasteiger partial charge in [-0.25, -0.2) is 0 Å². The molecule has 0 aromatic rings. The average molecular weight is 244 g/mol. The summed E-state index contributed by atoms with van der Waals surface area (Å²) in [6.07, 6.45) is 4.95. The van der Waals surface area contributed by atoms with Crippen molar-refractivity contribution in [2.24, 2.45) is 10.8 Å². The van der Waals surface area contributed by atoms with E-state index in [2.05, 4.69) is 48.0 Å².